The van der Waals surface area contributed by atoms with Crippen molar-refractivity contribution < 1.29 is 9.53 Å². The number of aryl methyl sites for hydroxylation is 1. The van der Waals surface area contributed by atoms with E-state index in [1.165, 1.54) is 10.9 Å². The van der Waals surface area contributed by atoms with Gasteiger partial charge >= 0.3 is 6.09 Å². The summed E-state index contributed by atoms with van der Waals surface area (Å²) in [4.78, 5) is 30.2. The van der Waals surface area contributed by atoms with Gasteiger partial charge in [0.1, 0.15) is 16.8 Å². The molecule has 0 spiro atoms. The fourth-order valence-corrected chi connectivity index (χ4v) is 1.63. The number of hydrogen-bond donors (Lipinski definition) is 2. The molecule has 1 amide bonds. The van der Waals surface area contributed by atoms with Gasteiger partial charge in [0.2, 0.25) is 0 Å². The molecule has 0 atom stereocenters. The van der Waals surface area contributed by atoms with Gasteiger partial charge in [0.05, 0.1) is 12.7 Å². The maximum absolute atomic E-state index is 11.8. The smallest absolute Gasteiger partial charge is 0.408 e. The van der Waals surface area contributed by atoms with E-state index in [4.69, 9.17) is 4.74 Å². The van der Waals surface area contributed by atoms with E-state index in [9.17, 15) is 9.59 Å². The molecule has 0 saturated carbocycles. The van der Waals surface area contributed by atoms with Crippen molar-refractivity contribution in [2.45, 2.75) is 32.9 Å². The van der Waals surface area contributed by atoms with Crippen LogP contribution in [0.15, 0.2) is 11.0 Å². The number of fused-ring (bicyclic) bond motifs is 1. The van der Waals surface area contributed by atoms with Crippen molar-refractivity contribution in [1.82, 2.24) is 25.1 Å². The summed E-state index contributed by atoms with van der Waals surface area (Å²) in [5.41, 5.74) is -0.393. The Morgan fingerprint density at radius 1 is 1.50 bits per heavy atom. The Morgan fingerprint density at radius 3 is 2.85 bits per heavy atom. The van der Waals surface area contributed by atoms with Crippen LogP contribution in [0.2, 0.25) is 0 Å². The average Bonchev–Trinajstić information content (AvgIpc) is 2.67. The third-order valence-corrected chi connectivity index (χ3v) is 2.45. The number of nitrogens with one attached hydrogen (secondary N) is 2. The lowest BCUT2D eigenvalue weighted by molar-refractivity contribution is 0.0522. The first-order valence-electron chi connectivity index (χ1n) is 6.14. The first-order chi connectivity index (χ1) is 9.26. The second-order valence-electron chi connectivity index (χ2n) is 5.37. The Morgan fingerprint density at radius 2 is 2.20 bits per heavy atom. The van der Waals surface area contributed by atoms with Gasteiger partial charge in [0, 0.05) is 7.05 Å². The van der Waals surface area contributed by atoms with Gasteiger partial charge in [0.25, 0.3) is 5.56 Å². The molecule has 2 rings (SSSR count). The molecule has 0 radical (unpaired) electrons. The Bertz CT molecular complexity index is 695. The van der Waals surface area contributed by atoms with E-state index in [0.717, 1.165) is 0 Å². The van der Waals surface area contributed by atoms with E-state index in [1.54, 1.807) is 27.8 Å². The molecule has 2 aromatic heterocycles. The molecule has 20 heavy (non-hydrogen) atoms. The lowest BCUT2D eigenvalue weighted by Gasteiger charge is -2.19. The van der Waals surface area contributed by atoms with Gasteiger partial charge in [-0.15, -0.1) is 0 Å². The predicted octanol–water partition coefficient (Wildman–Crippen LogP) is 0.681. The number of alkyl carbamates (subject to hydrolysis) is 1. The summed E-state index contributed by atoms with van der Waals surface area (Å²) in [5, 5.41) is 6.91. The molecule has 0 unspecified atom stereocenters. The minimum absolute atomic E-state index is 0.0747. The van der Waals surface area contributed by atoms with E-state index in [-0.39, 0.29) is 12.1 Å². The largest absolute Gasteiger partial charge is 0.444 e. The maximum Gasteiger partial charge on any atom is 0.408 e. The zero-order chi connectivity index (χ0) is 14.9. The lowest BCUT2D eigenvalue weighted by atomic mass is 10.2. The summed E-state index contributed by atoms with van der Waals surface area (Å²) >= 11 is 0. The monoisotopic (exact) mass is 279 g/mol. The number of amides is 1. The first kappa shape index (κ1) is 14.0. The van der Waals surface area contributed by atoms with E-state index >= 15 is 0 Å². The average molecular weight is 279 g/mol. The van der Waals surface area contributed by atoms with E-state index < -0.39 is 11.7 Å². The first-order valence-corrected chi connectivity index (χ1v) is 6.14. The Kier molecular flexibility index (Phi) is 3.47. The van der Waals surface area contributed by atoms with Crippen LogP contribution in [-0.2, 0) is 18.3 Å². The lowest BCUT2D eigenvalue weighted by Crippen LogP contribution is -2.33. The zero-order valence-electron chi connectivity index (χ0n) is 11.9. The summed E-state index contributed by atoms with van der Waals surface area (Å²) in [5.74, 6) is 0.344. The molecule has 0 aliphatic rings. The quantitative estimate of drug-likeness (QED) is 0.841. The zero-order valence-corrected chi connectivity index (χ0v) is 11.9. The fraction of sp³-hybridized carbons (Fsp3) is 0.500. The molecule has 0 aliphatic carbocycles. The predicted molar refractivity (Wildman–Crippen MR) is 72.2 cm³/mol. The van der Waals surface area contributed by atoms with Gasteiger partial charge in [-0.1, -0.05) is 0 Å². The van der Waals surface area contributed by atoms with E-state index in [1.807, 2.05) is 0 Å². The summed E-state index contributed by atoms with van der Waals surface area (Å²) < 4.78 is 6.60. The molecule has 2 heterocycles. The highest BCUT2D eigenvalue weighted by molar-refractivity contribution is 5.73. The summed E-state index contributed by atoms with van der Waals surface area (Å²) in [6, 6.07) is 0. The number of aromatic nitrogens is 4. The van der Waals surface area contributed by atoms with Crippen LogP contribution in [0.5, 0.6) is 0 Å². The molecule has 108 valence electrons. The third kappa shape index (κ3) is 3.14. The number of rotatable bonds is 2. The molecule has 0 bridgehead atoms. The van der Waals surface area contributed by atoms with Crippen molar-refractivity contribution in [3.63, 3.8) is 0 Å². The standard InChI is InChI=1S/C12H17N5O3/c1-12(2,3)20-11(19)13-6-8-15-9-7(10(18)16-8)5-14-17(9)4/h5H,6H2,1-4H3,(H,13,19)(H,15,16,18). The van der Waals surface area contributed by atoms with Crippen molar-refractivity contribution in [2.24, 2.45) is 7.05 Å². The number of ether oxygens (including phenoxy) is 1. The van der Waals surface area contributed by atoms with E-state index in [0.29, 0.717) is 16.9 Å². The second-order valence-corrected chi connectivity index (χ2v) is 5.37. The minimum atomic E-state index is -0.573. The molecule has 0 aromatic carbocycles. The van der Waals surface area contributed by atoms with Gasteiger partial charge in [-0.2, -0.15) is 5.10 Å². The molecule has 8 heteroatoms. The highest BCUT2D eigenvalue weighted by atomic mass is 16.6. The molecule has 0 fully saturated rings. The van der Waals surface area contributed by atoms with Crippen LogP contribution in [0.4, 0.5) is 4.79 Å². The van der Waals surface area contributed by atoms with Crippen LogP contribution in [0.3, 0.4) is 0 Å². The highest BCUT2D eigenvalue weighted by Crippen LogP contribution is 2.07. The molecule has 2 aromatic rings. The van der Waals surface area contributed by atoms with Gasteiger partial charge in [0.15, 0.2) is 5.65 Å². The van der Waals surface area contributed by atoms with Crippen LogP contribution >= 0.6 is 0 Å². The van der Waals surface area contributed by atoms with Crippen LogP contribution in [-0.4, -0.2) is 31.4 Å². The van der Waals surface area contributed by atoms with Crippen LogP contribution < -0.4 is 10.9 Å². The van der Waals surface area contributed by atoms with Crippen molar-refractivity contribution in [3.05, 3.63) is 22.4 Å². The highest BCUT2D eigenvalue weighted by Gasteiger charge is 2.16. The number of carbonyl (C=O) groups is 1. The Labute approximate surface area is 115 Å². The third-order valence-electron chi connectivity index (χ3n) is 2.45. The van der Waals surface area contributed by atoms with Gasteiger partial charge in [-0.3, -0.25) is 9.48 Å². The van der Waals surface area contributed by atoms with Gasteiger partial charge < -0.3 is 15.0 Å². The Balaban J connectivity index is 2.13. The van der Waals surface area contributed by atoms with E-state index in [2.05, 4.69) is 20.4 Å². The van der Waals surface area contributed by atoms with Crippen molar-refractivity contribution in [1.29, 1.82) is 0 Å². The van der Waals surface area contributed by atoms with Gasteiger partial charge in [-0.25, -0.2) is 9.78 Å². The van der Waals surface area contributed by atoms with Gasteiger partial charge in [-0.05, 0) is 20.8 Å². The minimum Gasteiger partial charge on any atom is -0.444 e. The summed E-state index contributed by atoms with van der Waals surface area (Å²) in [6.07, 6.45) is 0.886. The SMILES string of the molecule is Cn1ncc2c(=O)[nH]c(CNC(=O)OC(C)(C)C)nc21. The van der Waals surface area contributed by atoms with Crippen LogP contribution in [0.1, 0.15) is 26.6 Å². The molecular formula is C12H17N5O3. The fourth-order valence-electron chi connectivity index (χ4n) is 1.63. The van der Waals surface area contributed by atoms with Crippen LogP contribution in [0, 0.1) is 0 Å². The maximum atomic E-state index is 11.8. The number of nitrogens with zero attached hydrogens (tertiary/aromatic N) is 3. The number of carbonyl (C=O) groups excluding carboxylic acids is 1. The molecule has 0 saturated heterocycles. The molecule has 8 nitrogen and oxygen atoms in total. The normalized spacial score (nSPS) is 11.6. The summed E-state index contributed by atoms with van der Waals surface area (Å²) in [6.45, 7) is 5.39. The van der Waals surface area contributed by atoms with Crippen molar-refractivity contribution >= 4 is 17.1 Å². The summed E-state index contributed by atoms with van der Waals surface area (Å²) in [7, 11) is 1.69. The number of H-pyrrole nitrogens is 1. The topological polar surface area (TPSA) is 102 Å². The van der Waals surface area contributed by atoms with Crippen molar-refractivity contribution in [2.75, 3.05) is 0 Å². The second kappa shape index (κ2) is 4.95. The molecular weight excluding hydrogens is 262 g/mol. The Hall–Kier alpha value is -2.38. The molecule has 2 N–H and O–H groups in total. The van der Waals surface area contributed by atoms with Crippen LogP contribution in [0.25, 0.3) is 11.0 Å². The molecule has 0 aliphatic heterocycles. The number of aromatic amines is 1. The number of hydrogen-bond acceptors (Lipinski definition) is 5. The van der Waals surface area contributed by atoms with Crippen molar-refractivity contribution in [3.8, 4) is 0 Å².